The highest BCUT2D eigenvalue weighted by molar-refractivity contribution is 14.0. The van der Waals surface area contributed by atoms with E-state index >= 15 is 0 Å². The summed E-state index contributed by atoms with van der Waals surface area (Å²) in [4.78, 5) is 4.70. The third-order valence-corrected chi connectivity index (χ3v) is 4.70. The Labute approximate surface area is 184 Å². The predicted octanol–water partition coefficient (Wildman–Crippen LogP) is 4.46. The van der Waals surface area contributed by atoms with Crippen LogP contribution in [0.4, 0.5) is 0 Å². The SMILES string of the molecule is CCNC(=NCc1ccc(Oc2ccccc2)cc1)NC1CCC(O)CC1.I. The zero-order valence-electron chi connectivity index (χ0n) is 16.3. The molecule has 0 radical (unpaired) electrons. The van der Waals surface area contributed by atoms with Crippen molar-refractivity contribution in [3.63, 3.8) is 0 Å². The molecule has 0 spiro atoms. The van der Waals surface area contributed by atoms with Crippen LogP contribution in [0.2, 0.25) is 0 Å². The highest BCUT2D eigenvalue weighted by atomic mass is 127. The first-order valence-electron chi connectivity index (χ1n) is 9.77. The fourth-order valence-electron chi connectivity index (χ4n) is 3.19. The van der Waals surface area contributed by atoms with Gasteiger partial charge < -0.3 is 20.5 Å². The van der Waals surface area contributed by atoms with Crippen LogP contribution in [-0.2, 0) is 6.54 Å². The van der Waals surface area contributed by atoms with Gasteiger partial charge in [-0.3, -0.25) is 0 Å². The second-order valence-electron chi connectivity index (χ2n) is 6.90. The zero-order chi connectivity index (χ0) is 18.9. The van der Waals surface area contributed by atoms with Gasteiger partial charge in [-0.2, -0.15) is 0 Å². The first-order chi connectivity index (χ1) is 13.2. The highest BCUT2D eigenvalue weighted by Crippen LogP contribution is 2.21. The van der Waals surface area contributed by atoms with Crippen molar-refractivity contribution in [2.24, 2.45) is 4.99 Å². The van der Waals surface area contributed by atoms with Gasteiger partial charge in [-0.15, -0.1) is 24.0 Å². The standard InChI is InChI=1S/C22H29N3O2.HI/c1-2-23-22(25-18-10-12-19(26)13-11-18)24-16-17-8-14-21(15-9-17)27-20-6-4-3-5-7-20;/h3-9,14-15,18-19,26H,2,10-13,16H2,1H3,(H2,23,24,25);1H. The first-order valence-corrected chi connectivity index (χ1v) is 9.77. The number of rotatable bonds is 6. The van der Waals surface area contributed by atoms with Crippen molar-refractivity contribution in [2.45, 2.75) is 51.3 Å². The van der Waals surface area contributed by atoms with Crippen molar-refractivity contribution >= 4 is 29.9 Å². The Morgan fingerprint density at radius 2 is 1.64 bits per heavy atom. The smallest absolute Gasteiger partial charge is 0.191 e. The van der Waals surface area contributed by atoms with Gasteiger partial charge in [0.05, 0.1) is 12.6 Å². The molecule has 0 aromatic heterocycles. The molecule has 28 heavy (non-hydrogen) atoms. The van der Waals surface area contributed by atoms with Crippen LogP contribution in [-0.4, -0.2) is 29.8 Å². The van der Waals surface area contributed by atoms with E-state index in [2.05, 4.69) is 17.6 Å². The van der Waals surface area contributed by atoms with Crippen molar-refractivity contribution in [1.82, 2.24) is 10.6 Å². The summed E-state index contributed by atoms with van der Waals surface area (Å²) in [5.74, 6) is 2.49. The van der Waals surface area contributed by atoms with Crippen molar-refractivity contribution in [3.05, 3.63) is 60.2 Å². The number of benzene rings is 2. The lowest BCUT2D eigenvalue weighted by molar-refractivity contribution is 0.120. The van der Waals surface area contributed by atoms with Gasteiger partial charge in [0.25, 0.3) is 0 Å². The molecule has 1 fully saturated rings. The molecular formula is C22H30IN3O2. The third kappa shape index (κ3) is 7.31. The summed E-state index contributed by atoms with van der Waals surface area (Å²) >= 11 is 0. The average molecular weight is 495 g/mol. The number of hydrogen-bond acceptors (Lipinski definition) is 3. The number of halogens is 1. The minimum Gasteiger partial charge on any atom is -0.457 e. The van der Waals surface area contributed by atoms with Crippen LogP contribution in [0.15, 0.2) is 59.6 Å². The number of ether oxygens (including phenoxy) is 1. The van der Waals surface area contributed by atoms with Crippen molar-refractivity contribution in [2.75, 3.05) is 6.54 Å². The molecule has 5 nitrogen and oxygen atoms in total. The Bertz CT molecular complexity index is 714. The lowest BCUT2D eigenvalue weighted by atomic mass is 9.93. The Hall–Kier alpha value is -1.80. The summed E-state index contributed by atoms with van der Waals surface area (Å²) in [5, 5.41) is 16.5. The van der Waals surface area contributed by atoms with E-state index in [1.165, 1.54) is 0 Å². The molecule has 1 saturated carbocycles. The number of aliphatic hydroxyl groups is 1. The normalized spacial score (nSPS) is 19.4. The van der Waals surface area contributed by atoms with E-state index < -0.39 is 0 Å². The summed E-state index contributed by atoms with van der Waals surface area (Å²) in [6.45, 7) is 3.50. The Morgan fingerprint density at radius 1 is 1.00 bits per heavy atom. The summed E-state index contributed by atoms with van der Waals surface area (Å²) in [6, 6.07) is 18.2. The monoisotopic (exact) mass is 495 g/mol. The maximum Gasteiger partial charge on any atom is 0.191 e. The van der Waals surface area contributed by atoms with E-state index in [4.69, 9.17) is 9.73 Å². The molecule has 0 atom stereocenters. The summed E-state index contributed by atoms with van der Waals surface area (Å²) < 4.78 is 5.83. The molecule has 2 aromatic rings. The van der Waals surface area contributed by atoms with Gasteiger partial charge in [0.15, 0.2) is 5.96 Å². The number of nitrogens with zero attached hydrogens (tertiary/aromatic N) is 1. The molecule has 0 aliphatic heterocycles. The maximum absolute atomic E-state index is 9.65. The number of aliphatic hydroxyl groups excluding tert-OH is 1. The lowest BCUT2D eigenvalue weighted by Gasteiger charge is -2.27. The van der Waals surface area contributed by atoms with Crippen LogP contribution in [0.1, 0.15) is 38.2 Å². The minimum absolute atomic E-state index is 0. The summed E-state index contributed by atoms with van der Waals surface area (Å²) in [5.41, 5.74) is 1.13. The van der Waals surface area contributed by atoms with Gasteiger partial charge in [0.1, 0.15) is 11.5 Å². The topological polar surface area (TPSA) is 65.9 Å². The van der Waals surface area contributed by atoms with E-state index in [-0.39, 0.29) is 30.1 Å². The largest absolute Gasteiger partial charge is 0.457 e. The highest BCUT2D eigenvalue weighted by Gasteiger charge is 2.19. The van der Waals surface area contributed by atoms with Crippen LogP contribution in [0, 0.1) is 0 Å². The molecule has 0 amide bonds. The number of guanidine groups is 1. The zero-order valence-corrected chi connectivity index (χ0v) is 18.6. The molecular weight excluding hydrogens is 465 g/mol. The van der Waals surface area contributed by atoms with E-state index in [0.717, 1.165) is 55.3 Å². The Morgan fingerprint density at radius 3 is 2.29 bits per heavy atom. The van der Waals surface area contributed by atoms with E-state index in [0.29, 0.717) is 12.6 Å². The molecule has 0 heterocycles. The van der Waals surface area contributed by atoms with Gasteiger partial charge >= 0.3 is 0 Å². The van der Waals surface area contributed by atoms with Gasteiger partial charge in [0.2, 0.25) is 0 Å². The van der Waals surface area contributed by atoms with Crippen LogP contribution >= 0.6 is 24.0 Å². The van der Waals surface area contributed by atoms with E-state index in [1.54, 1.807) is 0 Å². The van der Waals surface area contributed by atoms with E-state index in [1.807, 2.05) is 54.6 Å². The number of aliphatic imine (C=N–C) groups is 1. The van der Waals surface area contributed by atoms with Crippen LogP contribution in [0.5, 0.6) is 11.5 Å². The number of hydrogen-bond donors (Lipinski definition) is 3. The van der Waals surface area contributed by atoms with Crippen LogP contribution < -0.4 is 15.4 Å². The van der Waals surface area contributed by atoms with Crippen LogP contribution in [0.25, 0.3) is 0 Å². The minimum atomic E-state index is -0.140. The molecule has 3 rings (SSSR count). The second kappa shape index (κ2) is 11.9. The third-order valence-electron chi connectivity index (χ3n) is 4.70. The lowest BCUT2D eigenvalue weighted by Crippen LogP contribution is -2.45. The molecule has 0 saturated heterocycles. The molecule has 1 aliphatic carbocycles. The molecule has 0 unspecified atom stereocenters. The summed E-state index contributed by atoms with van der Waals surface area (Å²) in [6.07, 6.45) is 3.55. The average Bonchev–Trinajstić information content (AvgIpc) is 2.70. The van der Waals surface area contributed by atoms with Gasteiger partial charge in [-0.25, -0.2) is 4.99 Å². The van der Waals surface area contributed by atoms with Crippen molar-refractivity contribution in [3.8, 4) is 11.5 Å². The summed E-state index contributed by atoms with van der Waals surface area (Å²) in [7, 11) is 0. The van der Waals surface area contributed by atoms with Gasteiger partial charge in [0, 0.05) is 12.6 Å². The fraction of sp³-hybridized carbons (Fsp3) is 0.409. The number of nitrogens with one attached hydrogen (secondary N) is 2. The van der Waals surface area contributed by atoms with Gasteiger partial charge in [-0.05, 0) is 62.4 Å². The molecule has 152 valence electrons. The Balaban J connectivity index is 0.00000280. The van der Waals surface area contributed by atoms with Crippen LogP contribution in [0.3, 0.4) is 0 Å². The number of para-hydroxylation sites is 1. The Kier molecular flexibility index (Phi) is 9.57. The van der Waals surface area contributed by atoms with E-state index in [9.17, 15) is 5.11 Å². The molecule has 2 aromatic carbocycles. The van der Waals surface area contributed by atoms with Crippen molar-refractivity contribution < 1.29 is 9.84 Å². The quantitative estimate of drug-likeness (QED) is 0.315. The van der Waals surface area contributed by atoms with Crippen molar-refractivity contribution in [1.29, 1.82) is 0 Å². The van der Waals surface area contributed by atoms with Gasteiger partial charge in [-0.1, -0.05) is 30.3 Å². The fourth-order valence-corrected chi connectivity index (χ4v) is 3.19. The first kappa shape index (κ1) is 22.5. The molecule has 3 N–H and O–H groups in total. The predicted molar refractivity (Wildman–Crippen MR) is 125 cm³/mol. The molecule has 6 heteroatoms. The second-order valence-corrected chi connectivity index (χ2v) is 6.90. The molecule has 1 aliphatic rings. The molecule has 0 bridgehead atoms. The maximum atomic E-state index is 9.65.